The van der Waals surface area contributed by atoms with Crippen molar-refractivity contribution in [2.45, 2.75) is 30.0 Å². The predicted octanol–water partition coefficient (Wildman–Crippen LogP) is 5.12. The number of carbonyl (C=O) groups is 2. The fourth-order valence-electron chi connectivity index (χ4n) is 4.60. The Labute approximate surface area is 231 Å². The molecule has 0 spiro atoms. The molecule has 1 saturated heterocycles. The van der Waals surface area contributed by atoms with Gasteiger partial charge in [0.2, 0.25) is 5.13 Å². The number of carbonyl (C=O) groups excluding carboxylic acids is 2. The average molecular weight is 555 g/mol. The third kappa shape index (κ3) is 4.49. The van der Waals surface area contributed by atoms with Gasteiger partial charge in [0.15, 0.2) is 10.1 Å². The number of amides is 1. The van der Waals surface area contributed by atoms with E-state index in [0.29, 0.717) is 32.7 Å². The largest absolute Gasteiger partial charge is 0.505 e. The second-order valence-corrected chi connectivity index (χ2v) is 11.2. The van der Waals surface area contributed by atoms with Gasteiger partial charge < -0.3 is 5.11 Å². The average Bonchev–Trinajstić information content (AvgIpc) is 3.62. The first-order valence-corrected chi connectivity index (χ1v) is 13.9. The highest BCUT2D eigenvalue weighted by Crippen LogP contribution is 2.44. The number of rotatable bonds is 6. The molecule has 1 amide bonds. The predicted molar refractivity (Wildman–Crippen MR) is 150 cm³/mol. The number of pyridine rings is 2. The second kappa shape index (κ2) is 10.1. The molecular formula is C28H22N6O3S2. The number of nitrogens with zero attached hydrogens (tertiary/aromatic N) is 6. The zero-order chi connectivity index (χ0) is 27.1. The summed E-state index contributed by atoms with van der Waals surface area (Å²) in [5.74, 6) is -1.22. The van der Waals surface area contributed by atoms with Gasteiger partial charge in [0.25, 0.3) is 5.78 Å². The molecule has 9 nitrogen and oxygen atoms in total. The molecule has 6 rings (SSSR count). The second-order valence-electron chi connectivity index (χ2n) is 9.05. The molecule has 194 valence electrons. The monoisotopic (exact) mass is 554 g/mol. The fraction of sp³-hybridized carbons (Fsp3) is 0.143. The highest BCUT2D eigenvalue weighted by atomic mass is 32.2. The van der Waals surface area contributed by atoms with Crippen LogP contribution in [0.2, 0.25) is 0 Å². The maximum atomic E-state index is 13.5. The summed E-state index contributed by atoms with van der Waals surface area (Å²) in [6.07, 6.45) is 4.93. The fourth-order valence-corrected chi connectivity index (χ4v) is 6.42. The van der Waals surface area contributed by atoms with Crippen molar-refractivity contribution in [2.75, 3.05) is 4.90 Å². The van der Waals surface area contributed by atoms with E-state index >= 15 is 0 Å². The van der Waals surface area contributed by atoms with Crippen LogP contribution >= 0.6 is 23.1 Å². The van der Waals surface area contributed by atoms with Gasteiger partial charge in [-0.15, -0.1) is 10.2 Å². The smallest absolute Gasteiger partial charge is 0.301 e. The zero-order valence-corrected chi connectivity index (χ0v) is 22.6. The zero-order valence-electron chi connectivity index (χ0n) is 21.0. The van der Waals surface area contributed by atoms with Crippen LogP contribution in [0.25, 0.3) is 11.4 Å². The van der Waals surface area contributed by atoms with Crippen molar-refractivity contribution in [3.8, 4) is 0 Å². The lowest BCUT2D eigenvalue weighted by atomic mass is 9.97. The van der Waals surface area contributed by atoms with Gasteiger partial charge in [-0.3, -0.25) is 23.9 Å². The van der Waals surface area contributed by atoms with Gasteiger partial charge in [-0.05, 0) is 43.2 Å². The quantitative estimate of drug-likeness (QED) is 0.101. The molecular weight excluding hydrogens is 532 g/mol. The van der Waals surface area contributed by atoms with E-state index in [0.717, 1.165) is 5.56 Å². The molecule has 0 saturated carbocycles. The lowest BCUT2D eigenvalue weighted by molar-refractivity contribution is -0.132. The molecule has 4 aromatic heterocycles. The number of anilines is 1. The normalized spacial score (nSPS) is 16.9. The summed E-state index contributed by atoms with van der Waals surface area (Å²) in [6.45, 7) is 3.79. The molecule has 1 aromatic carbocycles. The van der Waals surface area contributed by atoms with Crippen LogP contribution in [-0.4, -0.2) is 41.4 Å². The molecule has 0 radical (unpaired) electrons. The Balaban J connectivity index is 1.42. The summed E-state index contributed by atoms with van der Waals surface area (Å²) in [4.78, 5) is 37.0. The number of imidazole rings is 1. The third-order valence-electron chi connectivity index (χ3n) is 6.46. The Morgan fingerprint density at radius 1 is 1.05 bits per heavy atom. The van der Waals surface area contributed by atoms with E-state index in [2.05, 4.69) is 44.4 Å². The van der Waals surface area contributed by atoms with E-state index in [-0.39, 0.29) is 16.5 Å². The molecule has 1 unspecified atom stereocenters. The number of aliphatic hydroxyl groups excluding tert-OH is 1. The lowest BCUT2D eigenvalue weighted by Crippen LogP contribution is -2.29. The number of thioether (sulfide) groups is 1. The lowest BCUT2D eigenvalue weighted by Gasteiger charge is -2.22. The van der Waals surface area contributed by atoms with Crippen molar-refractivity contribution in [1.29, 1.82) is 0 Å². The SMILES string of the molecule is Cc1ccc(CSc2nnc(N3C(=O)C(=O)/C(=C(/O)c4c(C)nc5ccccn45)C3c3cccnc3)s2)cc1. The third-order valence-corrected chi connectivity index (χ3v) is 8.58. The molecule has 1 atom stereocenters. The molecule has 11 heteroatoms. The maximum Gasteiger partial charge on any atom is 0.301 e. The number of fused-ring (bicyclic) bond motifs is 1. The van der Waals surface area contributed by atoms with E-state index in [4.69, 9.17) is 0 Å². The van der Waals surface area contributed by atoms with Crippen LogP contribution in [0.1, 0.15) is 34.1 Å². The van der Waals surface area contributed by atoms with Gasteiger partial charge in [-0.1, -0.05) is 65.1 Å². The number of hydrogen-bond acceptors (Lipinski definition) is 9. The van der Waals surface area contributed by atoms with Crippen LogP contribution in [0.5, 0.6) is 0 Å². The minimum absolute atomic E-state index is 0.0502. The van der Waals surface area contributed by atoms with E-state index in [1.165, 1.54) is 33.6 Å². The number of hydrogen-bond donors (Lipinski definition) is 1. The first kappa shape index (κ1) is 25.0. The summed E-state index contributed by atoms with van der Waals surface area (Å²) in [7, 11) is 0. The van der Waals surface area contributed by atoms with Crippen molar-refractivity contribution in [3.63, 3.8) is 0 Å². The van der Waals surface area contributed by atoms with Gasteiger partial charge >= 0.3 is 5.91 Å². The first-order chi connectivity index (χ1) is 18.9. The Hall–Kier alpha value is -4.35. The van der Waals surface area contributed by atoms with E-state index in [1.807, 2.05) is 13.0 Å². The number of aryl methyl sites for hydroxylation is 2. The molecule has 1 fully saturated rings. The Morgan fingerprint density at radius 3 is 2.64 bits per heavy atom. The molecule has 1 aliphatic rings. The van der Waals surface area contributed by atoms with Crippen molar-refractivity contribution in [2.24, 2.45) is 0 Å². The summed E-state index contributed by atoms with van der Waals surface area (Å²) in [6, 6.07) is 16.2. The minimum atomic E-state index is -0.935. The minimum Gasteiger partial charge on any atom is -0.505 e. The van der Waals surface area contributed by atoms with Gasteiger partial charge in [0.1, 0.15) is 11.3 Å². The summed E-state index contributed by atoms with van der Waals surface area (Å²) < 4.78 is 2.36. The topological polar surface area (TPSA) is 114 Å². The Kier molecular flexibility index (Phi) is 6.45. The molecule has 0 bridgehead atoms. The summed E-state index contributed by atoms with van der Waals surface area (Å²) >= 11 is 2.73. The maximum absolute atomic E-state index is 13.5. The van der Waals surface area contributed by atoms with Gasteiger partial charge in [0, 0.05) is 24.3 Å². The van der Waals surface area contributed by atoms with E-state index in [9.17, 15) is 14.7 Å². The number of benzene rings is 1. The molecule has 39 heavy (non-hydrogen) atoms. The van der Waals surface area contributed by atoms with Crippen LogP contribution in [0.4, 0.5) is 5.13 Å². The van der Waals surface area contributed by atoms with Crippen LogP contribution in [0.3, 0.4) is 0 Å². The first-order valence-electron chi connectivity index (χ1n) is 12.1. The number of aromatic nitrogens is 5. The van der Waals surface area contributed by atoms with Crippen molar-refractivity contribution in [1.82, 2.24) is 24.6 Å². The van der Waals surface area contributed by atoms with Crippen LogP contribution in [0.15, 0.2) is 83.1 Å². The van der Waals surface area contributed by atoms with Crippen LogP contribution < -0.4 is 4.90 Å². The van der Waals surface area contributed by atoms with Crippen LogP contribution in [-0.2, 0) is 15.3 Å². The van der Waals surface area contributed by atoms with Crippen LogP contribution in [0, 0.1) is 13.8 Å². The molecule has 1 aliphatic heterocycles. The standard InChI is InChI=1S/C28H22N6O3S2/c1-16-8-10-18(11-9-16)15-38-28-32-31-27(39-28)34-23(19-6-5-12-29-14-19)21(25(36)26(34)37)24(35)22-17(2)30-20-7-3-4-13-33(20)22/h3-14,23,35H,15H2,1-2H3/b24-21+. The Bertz CT molecular complexity index is 1740. The highest BCUT2D eigenvalue weighted by molar-refractivity contribution is 8.00. The van der Waals surface area contributed by atoms with Gasteiger partial charge in [0.05, 0.1) is 17.3 Å². The van der Waals surface area contributed by atoms with Gasteiger partial charge in [-0.2, -0.15) is 0 Å². The molecule has 1 N–H and O–H groups in total. The molecule has 5 heterocycles. The van der Waals surface area contributed by atoms with Crippen molar-refractivity contribution in [3.05, 3.63) is 107 Å². The number of Topliss-reactive ketones (excluding diaryl/α,β-unsaturated/α-hetero) is 1. The van der Waals surface area contributed by atoms with Crippen molar-refractivity contribution < 1.29 is 14.7 Å². The molecule has 5 aromatic rings. The van der Waals surface area contributed by atoms with E-state index in [1.54, 1.807) is 54.2 Å². The van der Waals surface area contributed by atoms with Crippen molar-refractivity contribution >= 4 is 51.3 Å². The Morgan fingerprint density at radius 2 is 1.87 bits per heavy atom. The van der Waals surface area contributed by atoms with Gasteiger partial charge in [-0.25, -0.2) is 4.98 Å². The number of aliphatic hydroxyl groups is 1. The summed E-state index contributed by atoms with van der Waals surface area (Å²) in [5, 5.41) is 20.4. The molecule has 0 aliphatic carbocycles. The number of ketones is 1. The highest BCUT2D eigenvalue weighted by Gasteiger charge is 2.49. The van der Waals surface area contributed by atoms with E-state index < -0.39 is 17.7 Å². The summed E-state index contributed by atoms with van der Waals surface area (Å²) in [5.41, 5.74) is 4.33.